The van der Waals surface area contributed by atoms with Crippen molar-refractivity contribution in [1.29, 1.82) is 5.41 Å². The van der Waals surface area contributed by atoms with E-state index >= 15 is 0 Å². The third kappa shape index (κ3) is 4.15. The smallest absolute Gasteiger partial charge is 0.00304 e. The molecule has 0 atom stereocenters. The molecule has 0 amide bonds. The molecule has 2 heteroatoms. The first kappa shape index (κ1) is 8.63. The Balaban J connectivity index is 3.19. The Bertz CT molecular complexity index is 67.3. The second kappa shape index (κ2) is 5.76. The van der Waals surface area contributed by atoms with Crippen molar-refractivity contribution >= 4 is 6.21 Å². The van der Waals surface area contributed by atoms with Crippen LogP contribution < -0.4 is 0 Å². The summed E-state index contributed by atoms with van der Waals surface area (Å²) in [7, 11) is 0. The number of hydrogen-bond acceptors (Lipinski definition) is 2. The summed E-state index contributed by atoms with van der Waals surface area (Å²) >= 11 is 0. The van der Waals surface area contributed by atoms with Crippen LogP contribution in [-0.2, 0) is 0 Å². The standard InChI is InChI=1S/C7H16N2/c1-3-9(4-2)7-5-6-8/h6,8H,3-5,7H2,1-2H3. The van der Waals surface area contributed by atoms with Gasteiger partial charge in [0.15, 0.2) is 0 Å². The molecule has 0 aromatic heterocycles. The monoisotopic (exact) mass is 128 g/mol. The van der Waals surface area contributed by atoms with Gasteiger partial charge >= 0.3 is 0 Å². The van der Waals surface area contributed by atoms with Crippen LogP contribution in [0.15, 0.2) is 0 Å². The van der Waals surface area contributed by atoms with Crippen LogP contribution in [0.2, 0.25) is 0 Å². The Morgan fingerprint density at radius 3 is 2.22 bits per heavy atom. The molecule has 0 aromatic carbocycles. The SMILES string of the molecule is CCN(CC)CCC=N. The molecule has 0 aromatic rings. The van der Waals surface area contributed by atoms with E-state index in [1.807, 2.05) is 0 Å². The number of nitrogens with zero attached hydrogens (tertiary/aromatic N) is 1. The van der Waals surface area contributed by atoms with Crippen molar-refractivity contribution in [2.45, 2.75) is 20.3 Å². The third-order valence-corrected chi connectivity index (χ3v) is 1.48. The Labute approximate surface area is 57.4 Å². The molecule has 0 bridgehead atoms. The van der Waals surface area contributed by atoms with Crippen molar-refractivity contribution < 1.29 is 0 Å². The maximum atomic E-state index is 6.79. The molecule has 0 unspecified atom stereocenters. The molecule has 0 aliphatic heterocycles. The van der Waals surface area contributed by atoms with Crippen LogP contribution in [0.3, 0.4) is 0 Å². The fourth-order valence-electron chi connectivity index (χ4n) is 0.787. The molecule has 9 heavy (non-hydrogen) atoms. The van der Waals surface area contributed by atoms with Gasteiger partial charge in [-0.25, -0.2) is 0 Å². The lowest BCUT2D eigenvalue weighted by Gasteiger charge is -2.15. The fourth-order valence-corrected chi connectivity index (χ4v) is 0.787. The van der Waals surface area contributed by atoms with Gasteiger partial charge < -0.3 is 10.3 Å². The number of nitrogens with one attached hydrogen (secondary N) is 1. The zero-order chi connectivity index (χ0) is 7.11. The summed E-state index contributed by atoms with van der Waals surface area (Å²) in [4.78, 5) is 2.31. The molecule has 2 nitrogen and oxygen atoms in total. The first-order valence-electron chi connectivity index (χ1n) is 3.56. The largest absolute Gasteiger partial charge is 0.313 e. The Hall–Kier alpha value is -0.370. The maximum Gasteiger partial charge on any atom is 0.00304 e. The van der Waals surface area contributed by atoms with Crippen molar-refractivity contribution in [3.63, 3.8) is 0 Å². The molecule has 0 aliphatic carbocycles. The number of hydrogen-bond donors (Lipinski definition) is 1. The molecule has 0 heterocycles. The Morgan fingerprint density at radius 2 is 1.89 bits per heavy atom. The van der Waals surface area contributed by atoms with Crippen molar-refractivity contribution in [1.82, 2.24) is 4.90 Å². The summed E-state index contributed by atoms with van der Waals surface area (Å²) < 4.78 is 0. The maximum absolute atomic E-state index is 6.79. The van der Waals surface area contributed by atoms with Crippen molar-refractivity contribution in [2.24, 2.45) is 0 Å². The predicted molar refractivity (Wildman–Crippen MR) is 41.2 cm³/mol. The van der Waals surface area contributed by atoms with Gasteiger partial charge in [-0.05, 0) is 25.7 Å². The molecule has 54 valence electrons. The topological polar surface area (TPSA) is 27.1 Å². The Morgan fingerprint density at radius 1 is 1.33 bits per heavy atom. The van der Waals surface area contributed by atoms with Crippen LogP contribution in [0, 0.1) is 5.41 Å². The number of rotatable bonds is 5. The Kier molecular flexibility index (Phi) is 5.52. The van der Waals surface area contributed by atoms with Crippen LogP contribution in [0.4, 0.5) is 0 Å². The fraction of sp³-hybridized carbons (Fsp3) is 0.857. The highest BCUT2D eigenvalue weighted by Crippen LogP contribution is 1.86. The lowest BCUT2D eigenvalue weighted by Crippen LogP contribution is -2.23. The van der Waals surface area contributed by atoms with E-state index in [2.05, 4.69) is 18.7 Å². The van der Waals surface area contributed by atoms with Crippen LogP contribution in [-0.4, -0.2) is 30.7 Å². The highest BCUT2D eigenvalue weighted by atomic mass is 15.1. The quantitative estimate of drug-likeness (QED) is 0.556. The van der Waals surface area contributed by atoms with Crippen LogP contribution in [0.5, 0.6) is 0 Å². The summed E-state index contributed by atoms with van der Waals surface area (Å²) in [6.07, 6.45) is 2.36. The average Bonchev–Trinajstić information content (AvgIpc) is 1.91. The molecule has 0 radical (unpaired) electrons. The van der Waals surface area contributed by atoms with Gasteiger partial charge in [-0.3, -0.25) is 0 Å². The van der Waals surface area contributed by atoms with E-state index in [1.54, 1.807) is 0 Å². The van der Waals surface area contributed by atoms with Crippen LogP contribution in [0.25, 0.3) is 0 Å². The second-order valence-electron chi connectivity index (χ2n) is 2.02. The van der Waals surface area contributed by atoms with Crippen molar-refractivity contribution in [2.75, 3.05) is 19.6 Å². The lowest BCUT2D eigenvalue weighted by molar-refractivity contribution is 0.314. The summed E-state index contributed by atoms with van der Waals surface area (Å²) in [5, 5.41) is 6.79. The summed E-state index contributed by atoms with van der Waals surface area (Å²) in [6, 6.07) is 0. The van der Waals surface area contributed by atoms with Gasteiger partial charge in [-0.1, -0.05) is 13.8 Å². The van der Waals surface area contributed by atoms with E-state index in [0.717, 1.165) is 26.1 Å². The summed E-state index contributed by atoms with van der Waals surface area (Å²) in [5.41, 5.74) is 0. The van der Waals surface area contributed by atoms with Crippen LogP contribution in [0.1, 0.15) is 20.3 Å². The van der Waals surface area contributed by atoms with E-state index in [1.165, 1.54) is 6.21 Å². The molecular formula is C7H16N2. The first-order chi connectivity index (χ1) is 4.35. The van der Waals surface area contributed by atoms with Gasteiger partial charge in [0.2, 0.25) is 0 Å². The molecule has 0 rings (SSSR count). The van der Waals surface area contributed by atoms with E-state index < -0.39 is 0 Å². The average molecular weight is 128 g/mol. The van der Waals surface area contributed by atoms with Crippen LogP contribution >= 0.6 is 0 Å². The zero-order valence-corrected chi connectivity index (χ0v) is 6.35. The highest BCUT2D eigenvalue weighted by molar-refractivity contribution is 5.52. The molecule has 0 fully saturated rings. The minimum atomic E-state index is 0.891. The third-order valence-electron chi connectivity index (χ3n) is 1.48. The lowest BCUT2D eigenvalue weighted by atomic mass is 10.4. The van der Waals surface area contributed by atoms with Gasteiger partial charge in [-0.15, -0.1) is 0 Å². The highest BCUT2D eigenvalue weighted by Gasteiger charge is 1.94. The minimum absolute atomic E-state index is 0.891. The predicted octanol–water partition coefficient (Wildman–Crippen LogP) is 1.37. The van der Waals surface area contributed by atoms with Gasteiger partial charge in [0.25, 0.3) is 0 Å². The molecule has 0 saturated carbocycles. The molecule has 0 saturated heterocycles. The normalized spacial score (nSPS) is 10.1. The summed E-state index contributed by atoms with van der Waals surface area (Å²) in [6.45, 7) is 7.53. The van der Waals surface area contributed by atoms with Crippen molar-refractivity contribution in [3.05, 3.63) is 0 Å². The van der Waals surface area contributed by atoms with Gasteiger partial charge in [0, 0.05) is 6.54 Å². The minimum Gasteiger partial charge on any atom is -0.313 e. The zero-order valence-electron chi connectivity index (χ0n) is 6.35. The molecule has 0 spiro atoms. The summed E-state index contributed by atoms with van der Waals surface area (Å²) in [5.74, 6) is 0. The molecular weight excluding hydrogens is 112 g/mol. The second-order valence-corrected chi connectivity index (χ2v) is 2.02. The first-order valence-corrected chi connectivity index (χ1v) is 3.56. The molecule has 0 aliphatic rings. The van der Waals surface area contributed by atoms with E-state index in [0.29, 0.717) is 0 Å². The van der Waals surface area contributed by atoms with E-state index in [4.69, 9.17) is 5.41 Å². The van der Waals surface area contributed by atoms with Crippen molar-refractivity contribution in [3.8, 4) is 0 Å². The van der Waals surface area contributed by atoms with Gasteiger partial charge in [0.05, 0.1) is 0 Å². The van der Waals surface area contributed by atoms with E-state index in [9.17, 15) is 0 Å². The van der Waals surface area contributed by atoms with Gasteiger partial charge in [0.1, 0.15) is 0 Å². The molecule has 1 N–H and O–H groups in total. The van der Waals surface area contributed by atoms with Gasteiger partial charge in [-0.2, -0.15) is 0 Å². The van der Waals surface area contributed by atoms with E-state index in [-0.39, 0.29) is 0 Å².